The number of rotatable bonds is 17. The van der Waals surface area contributed by atoms with E-state index in [-0.39, 0.29) is 40.6 Å². The van der Waals surface area contributed by atoms with Gasteiger partial charge < -0.3 is 16.0 Å². The Morgan fingerprint density at radius 3 is 2.29 bits per heavy atom. The fourth-order valence-electron chi connectivity index (χ4n) is 5.06. The maximum atomic E-state index is 13.0. The predicted octanol–water partition coefficient (Wildman–Crippen LogP) is 7.17. The van der Waals surface area contributed by atoms with E-state index in [2.05, 4.69) is 66.4 Å². The first-order valence-electron chi connectivity index (χ1n) is 18.3. The van der Waals surface area contributed by atoms with E-state index in [0.717, 1.165) is 53.2 Å². The molecule has 1 saturated carbocycles. The number of carbonyl (C=O) groups is 3. The van der Waals surface area contributed by atoms with Gasteiger partial charge in [-0.2, -0.15) is 24.1 Å². The Bertz CT molecular complexity index is 1640. The molecule has 0 aliphatic heterocycles. The fourth-order valence-corrected chi connectivity index (χ4v) is 6.61. The highest BCUT2D eigenvalue weighted by atomic mass is 32.2. The minimum atomic E-state index is -3.75. The largest absolute Gasteiger partial charge is 0.356 e. The molecule has 1 aliphatic rings. The van der Waals surface area contributed by atoms with Crippen molar-refractivity contribution in [3.05, 3.63) is 87.1 Å². The molecule has 3 atom stereocenters. The van der Waals surface area contributed by atoms with Crippen LogP contribution in [0.5, 0.6) is 0 Å². The predicted molar refractivity (Wildman–Crippen MR) is 215 cm³/mol. The highest BCUT2D eigenvalue weighted by molar-refractivity contribution is 7.90. The molecule has 12 heteroatoms. The number of benzene rings is 2. The standard InChI is InChI=1S/C21H29N3O4S2.C10H15N.C9H17NO/c1-5-6-7-19(11-16-8-9-29-15-16)22-21(26)18-10-17(14-25)12-20(13-18)24(4)30(27,28)23(2)3;1-8-5-4-6-10(7-8)9(2)11-3;1-3-7(2)9(11)10-6-8-4-5-8/h8-10,12-15,19H,5-7,11H2,1-4H3,(H,22,26);4-7,9,11H,1-3H3;7-8H,3-6H2,1-2H3,(H,10,11)/t19-;9-;7-/m110/s1. The lowest BCUT2D eigenvalue weighted by Crippen LogP contribution is -2.38. The van der Waals surface area contributed by atoms with Crippen LogP contribution in [0.1, 0.15) is 110 Å². The number of carbonyl (C=O) groups excluding carboxylic acids is 3. The molecule has 0 unspecified atom stereocenters. The van der Waals surface area contributed by atoms with Gasteiger partial charge in [-0.25, -0.2) is 0 Å². The molecule has 1 aliphatic carbocycles. The van der Waals surface area contributed by atoms with Crippen LogP contribution in [0.3, 0.4) is 0 Å². The van der Waals surface area contributed by atoms with Crippen molar-refractivity contribution >= 4 is 45.3 Å². The van der Waals surface area contributed by atoms with E-state index in [4.69, 9.17) is 0 Å². The number of anilines is 1. The quantitative estimate of drug-likeness (QED) is 0.126. The van der Waals surface area contributed by atoms with Crippen LogP contribution >= 0.6 is 11.3 Å². The Morgan fingerprint density at radius 1 is 1.04 bits per heavy atom. The average molecular weight is 756 g/mol. The molecule has 3 aromatic rings. The van der Waals surface area contributed by atoms with Gasteiger partial charge in [-0.1, -0.05) is 63.4 Å². The van der Waals surface area contributed by atoms with E-state index in [1.54, 1.807) is 11.3 Å². The molecule has 1 aromatic heterocycles. The number of unbranched alkanes of at least 4 members (excludes halogenated alkanes) is 1. The maximum absolute atomic E-state index is 13.0. The molecule has 52 heavy (non-hydrogen) atoms. The summed E-state index contributed by atoms with van der Waals surface area (Å²) in [7, 11) is 2.47. The van der Waals surface area contributed by atoms with Gasteiger partial charge in [0.2, 0.25) is 5.91 Å². The number of nitrogens with zero attached hydrogens (tertiary/aromatic N) is 2. The number of hydrogen-bond acceptors (Lipinski definition) is 7. The minimum absolute atomic E-state index is 0.0429. The van der Waals surface area contributed by atoms with Gasteiger partial charge in [0.05, 0.1) is 5.69 Å². The zero-order valence-electron chi connectivity index (χ0n) is 32.6. The zero-order valence-corrected chi connectivity index (χ0v) is 34.2. The minimum Gasteiger partial charge on any atom is -0.356 e. The van der Waals surface area contributed by atoms with Crippen molar-refractivity contribution < 1.29 is 22.8 Å². The van der Waals surface area contributed by atoms with Gasteiger partial charge in [0.15, 0.2) is 0 Å². The summed E-state index contributed by atoms with van der Waals surface area (Å²) in [5.41, 5.74) is 4.59. The van der Waals surface area contributed by atoms with Crippen LogP contribution in [-0.2, 0) is 21.4 Å². The second-order valence-electron chi connectivity index (χ2n) is 13.8. The number of aldehydes is 1. The summed E-state index contributed by atoms with van der Waals surface area (Å²) in [6, 6.07) is 15.4. The Morgan fingerprint density at radius 2 is 1.75 bits per heavy atom. The van der Waals surface area contributed by atoms with Gasteiger partial charge in [0.1, 0.15) is 6.29 Å². The molecule has 0 bridgehead atoms. The van der Waals surface area contributed by atoms with Crippen LogP contribution in [0, 0.1) is 18.8 Å². The summed E-state index contributed by atoms with van der Waals surface area (Å²) in [5, 5.41) is 13.3. The van der Waals surface area contributed by atoms with Crippen molar-refractivity contribution in [3.63, 3.8) is 0 Å². The Hall–Kier alpha value is -3.58. The van der Waals surface area contributed by atoms with Crippen molar-refractivity contribution in [2.24, 2.45) is 11.8 Å². The third-order valence-corrected chi connectivity index (χ3v) is 11.7. The number of hydrogen-bond donors (Lipinski definition) is 3. The molecule has 288 valence electrons. The third-order valence-electron chi connectivity index (χ3n) is 9.11. The van der Waals surface area contributed by atoms with E-state index in [1.807, 2.05) is 32.3 Å². The smallest absolute Gasteiger partial charge is 0.303 e. The molecule has 1 heterocycles. The number of nitrogens with one attached hydrogen (secondary N) is 3. The molecule has 0 saturated heterocycles. The van der Waals surface area contributed by atoms with E-state index in [0.29, 0.717) is 12.3 Å². The summed E-state index contributed by atoms with van der Waals surface area (Å²) in [6.07, 6.45) is 7.73. The number of amides is 2. The first kappa shape index (κ1) is 44.6. The number of aryl methyl sites for hydroxylation is 1. The van der Waals surface area contributed by atoms with Crippen molar-refractivity contribution in [2.45, 2.75) is 91.6 Å². The summed E-state index contributed by atoms with van der Waals surface area (Å²) in [6.45, 7) is 11.3. The molecule has 0 spiro atoms. The highest BCUT2D eigenvalue weighted by Crippen LogP contribution is 2.27. The number of thiophene rings is 1. The monoisotopic (exact) mass is 755 g/mol. The summed E-state index contributed by atoms with van der Waals surface area (Å²) in [4.78, 5) is 35.6. The zero-order chi connectivity index (χ0) is 38.8. The van der Waals surface area contributed by atoms with Crippen LogP contribution in [-0.4, -0.2) is 71.6 Å². The second kappa shape index (κ2) is 22.5. The van der Waals surface area contributed by atoms with Crippen molar-refractivity contribution in [3.8, 4) is 0 Å². The fraction of sp³-hybridized carbons (Fsp3) is 0.525. The summed E-state index contributed by atoms with van der Waals surface area (Å²) >= 11 is 1.62. The van der Waals surface area contributed by atoms with Crippen LogP contribution in [0.2, 0.25) is 0 Å². The van der Waals surface area contributed by atoms with Gasteiger partial charge >= 0.3 is 10.2 Å². The average Bonchev–Trinajstić information content (AvgIpc) is 3.84. The Labute approximate surface area is 317 Å². The summed E-state index contributed by atoms with van der Waals surface area (Å²) in [5.74, 6) is 0.878. The topological polar surface area (TPSA) is 128 Å². The lowest BCUT2D eigenvalue weighted by Gasteiger charge is -2.24. The molecule has 3 N–H and O–H groups in total. The molecular formula is C40H61N5O5S2. The van der Waals surface area contributed by atoms with E-state index >= 15 is 0 Å². The maximum Gasteiger partial charge on any atom is 0.303 e. The van der Waals surface area contributed by atoms with Crippen LogP contribution in [0.25, 0.3) is 0 Å². The molecule has 10 nitrogen and oxygen atoms in total. The van der Waals surface area contributed by atoms with E-state index in [9.17, 15) is 22.8 Å². The second-order valence-corrected chi connectivity index (χ2v) is 16.7. The lowest BCUT2D eigenvalue weighted by molar-refractivity contribution is -0.124. The van der Waals surface area contributed by atoms with E-state index in [1.165, 1.54) is 68.9 Å². The van der Waals surface area contributed by atoms with E-state index < -0.39 is 10.2 Å². The van der Waals surface area contributed by atoms with Crippen LogP contribution in [0.4, 0.5) is 5.69 Å². The van der Waals surface area contributed by atoms with Crippen molar-refractivity contribution in [1.82, 2.24) is 20.3 Å². The highest BCUT2D eigenvalue weighted by Gasteiger charge is 2.24. The van der Waals surface area contributed by atoms with Crippen LogP contribution < -0.4 is 20.3 Å². The van der Waals surface area contributed by atoms with Gasteiger partial charge in [-0.15, -0.1) is 0 Å². The first-order chi connectivity index (χ1) is 24.7. The molecule has 0 radical (unpaired) electrons. The SMILES string of the molecule is CCCC[C@H](Cc1ccsc1)NC(=O)c1cc(C=O)cc(N(C)S(=O)(=O)N(C)C)c1.CC[C@H](C)C(=O)NCC1CC1.CN[C@H](C)c1cccc(C)c1. The first-order valence-corrected chi connectivity index (χ1v) is 20.6. The van der Waals surface area contributed by atoms with Crippen molar-refractivity contribution in [1.29, 1.82) is 0 Å². The molecule has 1 fully saturated rings. The molecular weight excluding hydrogens is 695 g/mol. The molecule has 2 aromatic carbocycles. The van der Waals surface area contributed by atoms with Crippen LogP contribution in [0.15, 0.2) is 59.3 Å². The van der Waals surface area contributed by atoms with Crippen molar-refractivity contribution in [2.75, 3.05) is 39.0 Å². The van der Waals surface area contributed by atoms with Gasteiger partial charge in [0.25, 0.3) is 5.91 Å². The normalized spacial score (nSPS) is 14.1. The summed E-state index contributed by atoms with van der Waals surface area (Å²) < 4.78 is 27.0. The third kappa shape index (κ3) is 15.2. The molecule has 2 amide bonds. The Balaban J connectivity index is 0.000000344. The van der Waals surface area contributed by atoms with Gasteiger partial charge in [-0.3, -0.25) is 18.7 Å². The lowest BCUT2D eigenvalue weighted by atomic mass is 10.0. The van der Waals surface area contributed by atoms with Gasteiger partial charge in [0, 0.05) is 56.8 Å². The Kier molecular flexibility index (Phi) is 19.3. The van der Waals surface area contributed by atoms with Gasteiger partial charge in [-0.05, 0) is 105 Å². The molecule has 4 rings (SSSR count).